The maximum absolute atomic E-state index is 13.3. The lowest BCUT2D eigenvalue weighted by Crippen LogP contribution is -2.28. The number of ether oxygens (including phenoxy) is 1. The van der Waals surface area contributed by atoms with Crippen LogP contribution in [0.3, 0.4) is 0 Å². The van der Waals surface area contributed by atoms with Crippen molar-refractivity contribution in [2.75, 3.05) is 5.32 Å². The molecule has 0 aliphatic carbocycles. The summed E-state index contributed by atoms with van der Waals surface area (Å²) in [5, 5.41) is 4.61. The first-order valence-corrected chi connectivity index (χ1v) is 6.09. The largest absolute Gasteiger partial charge is 0.451 e. The van der Waals surface area contributed by atoms with Crippen LogP contribution in [0.5, 0.6) is 0 Å². The maximum atomic E-state index is 13.3. The molecule has 1 heterocycles. The van der Waals surface area contributed by atoms with Crippen LogP contribution in [0.25, 0.3) is 0 Å². The Bertz CT molecular complexity index is 572. The molecule has 1 aliphatic heterocycles. The van der Waals surface area contributed by atoms with Gasteiger partial charge in [-0.2, -0.15) is 0 Å². The normalized spacial score (nSPS) is 19.9. The third-order valence-corrected chi connectivity index (χ3v) is 2.65. The van der Waals surface area contributed by atoms with Crippen molar-refractivity contribution in [1.82, 2.24) is 5.32 Å². The number of carbonyl (C=O) groups is 2. The molecule has 0 spiro atoms. The fraction of sp³-hybridized carbons (Fsp3) is 0.308. The van der Waals surface area contributed by atoms with Crippen LogP contribution in [0.4, 0.5) is 14.9 Å². The summed E-state index contributed by atoms with van der Waals surface area (Å²) >= 11 is 0. The van der Waals surface area contributed by atoms with Crippen molar-refractivity contribution in [3.63, 3.8) is 0 Å². The van der Waals surface area contributed by atoms with Crippen molar-refractivity contribution < 1.29 is 18.7 Å². The molecule has 1 aromatic rings. The molecule has 106 valence electrons. The van der Waals surface area contributed by atoms with E-state index in [9.17, 15) is 14.0 Å². The molecule has 1 atom stereocenters. The fourth-order valence-corrected chi connectivity index (χ4v) is 1.67. The van der Waals surface area contributed by atoms with Crippen molar-refractivity contribution in [3.05, 3.63) is 30.1 Å². The molecule has 0 unspecified atom stereocenters. The van der Waals surface area contributed by atoms with Crippen molar-refractivity contribution in [3.8, 4) is 0 Å². The minimum Gasteiger partial charge on any atom is -0.451 e. The Morgan fingerprint density at radius 3 is 2.75 bits per heavy atom. The first-order valence-electron chi connectivity index (χ1n) is 6.09. The molecule has 0 saturated carbocycles. The predicted octanol–water partition coefficient (Wildman–Crippen LogP) is 1.88. The molecule has 0 radical (unpaired) electrons. The molecule has 2 N–H and O–H groups in total. The Labute approximate surface area is 115 Å². The van der Waals surface area contributed by atoms with Crippen molar-refractivity contribution in [2.45, 2.75) is 20.0 Å². The number of amidine groups is 1. The first kappa shape index (κ1) is 14.0. The van der Waals surface area contributed by atoms with Crippen LogP contribution >= 0.6 is 0 Å². The molecule has 0 aromatic heterocycles. The Hall–Kier alpha value is -2.44. The highest BCUT2D eigenvalue weighted by Gasteiger charge is 2.33. The third kappa shape index (κ3) is 3.11. The summed E-state index contributed by atoms with van der Waals surface area (Å²) in [7, 11) is 0. The van der Waals surface area contributed by atoms with Crippen molar-refractivity contribution in [1.29, 1.82) is 0 Å². The smallest absolute Gasteiger partial charge is 0.350 e. The molecular weight excluding hydrogens is 265 g/mol. The average Bonchev–Trinajstić information content (AvgIpc) is 2.73. The molecule has 1 aromatic carbocycles. The molecule has 2 rings (SSSR count). The molecule has 1 saturated heterocycles. The monoisotopic (exact) mass is 279 g/mol. The van der Waals surface area contributed by atoms with E-state index in [1.165, 1.54) is 18.2 Å². The Morgan fingerprint density at radius 1 is 1.45 bits per heavy atom. The van der Waals surface area contributed by atoms with Gasteiger partial charge in [-0.3, -0.25) is 10.1 Å². The second-order valence-corrected chi connectivity index (χ2v) is 4.60. The number of rotatable bonds is 2. The van der Waals surface area contributed by atoms with Crippen LogP contribution in [0.1, 0.15) is 13.8 Å². The molecule has 20 heavy (non-hydrogen) atoms. The summed E-state index contributed by atoms with van der Waals surface area (Å²) in [5.41, 5.74) is 0.00610. The quantitative estimate of drug-likeness (QED) is 0.867. The second kappa shape index (κ2) is 5.68. The van der Waals surface area contributed by atoms with Crippen molar-refractivity contribution in [2.24, 2.45) is 10.9 Å². The maximum Gasteiger partial charge on any atom is 0.350 e. The highest BCUT2D eigenvalue weighted by molar-refractivity contribution is 6.07. The standard InChI is InChI=1S/C13H14FN3O3/c1-7(2)10-11(18)16-13(20-10)17-12(19)15-9-6-4-3-5-8(9)14/h3-7,10H,1-2H3,(H2,15,16,17,18,19)/t10-/m0/s1. The SMILES string of the molecule is CC(C)[C@@H]1OC(=NC(=O)Nc2ccccc2F)NC1=O. The summed E-state index contributed by atoms with van der Waals surface area (Å²) in [6, 6.07) is 4.69. The van der Waals surface area contributed by atoms with Gasteiger partial charge in [0.15, 0.2) is 6.10 Å². The van der Waals surface area contributed by atoms with E-state index < -0.39 is 18.0 Å². The van der Waals surface area contributed by atoms with E-state index in [2.05, 4.69) is 15.6 Å². The van der Waals surface area contributed by atoms with Gasteiger partial charge in [-0.15, -0.1) is 4.99 Å². The van der Waals surface area contributed by atoms with E-state index in [0.29, 0.717) is 0 Å². The highest BCUT2D eigenvalue weighted by atomic mass is 19.1. The molecule has 3 amide bonds. The zero-order valence-electron chi connectivity index (χ0n) is 11.0. The van der Waals surface area contributed by atoms with Crippen LogP contribution in [-0.2, 0) is 9.53 Å². The van der Waals surface area contributed by atoms with Gasteiger partial charge in [-0.1, -0.05) is 26.0 Å². The van der Waals surface area contributed by atoms with Gasteiger partial charge < -0.3 is 10.1 Å². The molecule has 1 fully saturated rings. The molecule has 7 heteroatoms. The number of aliphatic imine (C=N–C) groups is 1. The number of halogens is 1. The number of nitrogens with one attached hydrogen (secondary N) is 2. The Morgan fingerprint density at radius 2 is 2.15 bits per heavy atom. The average molecular weight is 279 g/mol. The number of amides is 3. The van der Waals surface area contributed by atoms with Gasteiger partial charge >= 0.3 is 12.1 Å². The van der Waals surface area contributed by atoms with Gasteiger partial charge in [0.05, 0.1) is 5.69 Å². The summed E-state index contributed by atoms with van der Waals surface area (Å²) in [4.78, 5) is 26.7. The topological polar surface area (TPSA) is 79.8 Å². The minimum absolute atomic E-state index is 0.00610. The number of anilines is 1. The van der Waals surface area contributed by atoms with E-state index in [1.54, 1.807) is 6.07 Å². The Balaban J connectivity index is 2.03. The zero-order valence-corrected chi connectivity index (χ0v) is 11.0. The predicted molar refractivity (Wildman–Crippen MR) is 70.7 cm³/mol. The van der Waals surface area contributed by atoms with Gasteiger partial charge in [0, 0.05) is 0 Å². The number of para-hydroxylation sites is 1. The first-order chi connectivity index (χ1) is 9.47. The second-order valence-electron chi connectivity index (χ2n) is 4.60. The number of hydrogen-bond donors (Lipinski definition) is 2. The minimum atomic E-state index is -0.824. The lowest BCUT2D eigenvalue weighted by Gasteiger charge is -2.09. The number of carbonyl (C=O) groups excluding carboxylic acids is 2. The van der Waals surface area contributed by atoms with Crippen LogP contribution < -0.4 is 10.6 Å². The summed E-state index contributed by atoms with van der Waals surface area (Å²) < 4.78 is 18.5. The summed E-state index contributed by atoms with van der Waals surface area (Å²) in [5.74, 6) is -0.966. The molecule has 1 aliphatic rings. The van der Waals surface area contributed by atoms with Crippen LogP contribution in [0.15, 0.2) is 29.3 Å². The van der Waals surface area contributed by atoms with Gasteiger partial charge in [0.1, 0.15) is 5.82 Å². The summed E-state index contributed by atoms with van der Waals surface area (Å²) in [6.07, 6.45) is -0.671. The van der Waals surface area contributed by atoms with E-state index in [-0.39, 0.29) is 23.5 Å². The highest BCUT2D eigenvalue weighted by Crippen LogP contribution is 2.14. The van der Waals surface area contributed by atoms with Gasteiger partial charge in [0.2, 0.25) is 0 Å². The van der Waals surface area contributed by atoms with E-state index in [4.69, 9.17) is 4.74 Å². The lowest BCUT2D eigenvalue weighted by molar-refractivity contribution is -0.124. The third-order valence-electron chi connectivity index (χ3n) is 2.65. The van der Waals surface area contributed by atoms with Crippen LogP contribution in [0.2, 0.25) is 0 Å². The summed E-state index contributed by atoms with van der Waals surface area (Å²) in [6.45, 7) is 3.62. The number of nitrogens with zero attached hydrogens (tertiary/aromatic N) is 1. The van der Waals surface area contributed by atoms with Gasteiger partial charge in [-0.05, 0) is 18.1 Å². The number of urea groups is 1. The number of benzene rings is 1. The van der Waals surface area contributed by atoms with Gasteiger partial charge in [0.25, 0.3) is 5.91 Å². The van der Waals surface area contributed by atoms with Crippen LogP contribution in [0, 0.1) is 11.7 Å². The van der Waals surface area contributed by atoms with Crippen molar-refractivity contribution >= 4 is 23.6 Å². The zero-order chi connectivity index (χ0) is 14.7. The van der Waals surface area contributed by atoms with E-state index in [1.807, 2.05) is 13.8 Å². The van der Waals surface area contributed by atoms with E-state index >= 15 is 0 Å². The molecular formula is C13H14FN3O3. The number of hydrogen-bond acceptors (Lipinski definition) is 3. The van der Waals surface area contributed by atoms with E-state index in [0.717, 1.165) is 0 Å². The van der Waals surface area contributed by atoms with Gasteiger partial charge in [-0.25, -0.2) is 9.18 Å². The Kier molecular flexibility index (Phi) is 3.97. The molecule has 6 nitrogen and oxygen atoms in total. The van der Waals surface area contributed by atoms with Crippen LogP contribution in [-0.4, -0.2) is 24.1 Å². The molecule has 0 bridgehead atoms. The lowest BCUT2D eigenvalue weighted by atomic mass is 10.1. The fourth-order valence-electron chi connectivity index (χ4n) is 1.67.